The molecule has 3 aromatic carbocycles. The predicted molar refractivity (Wildman–Crippen MR) is 223 cm³/mol. The number of hydrogen-bond acceptors (Lipinski definition) is 11. The summed E-state index contributed by atoms with van der Waals surface area (Å²) in [6, 6.07) is 23.1. The third kappa shape index (κ3) is 9.99. The molecular weight excluding hydrogens is 788 g/mol. The van der Waals surface area contributed by atoms with Gasteiger partial charge in [0.2, 0.25) is 23.7 Å². The number of carbonyl (C=O) groups is 6. The van der Waals surface area contributed by atoms with Crippen LogP contribution in [0, 0.1) is 0 Å². The smallest absolute Gasteiger partial charge is 0.266 e. The molecule has 6 amide bonds. The molecule has 0 radical (unpaired) electrons. The SMILES string of the molecule is O=C(COc1cccc2c1C(=O)N(C1CCC(=O)NC1=O)C2=O)NCCCCCCCC(=O)Nc1cncc(Nc2ncc(Cl)c(-c3cccc(-c4ccccc4)c3)n2)c1. The van der Waals surface area contributed by atoms with Gasteiger partial charge in [-0.15, -0.1) is 0 Å². The number of rotatable bonds is 17. The second-order valence-corrected chi connectivity index (χ2v) is 14.7. The number of anilines is 3. The van der Waals surface area contributed by atoms with E-state index in [0.29, 0.717) is 47.4 Å². The fourth-order valence-electron chi connectivity index (χ4n) is 7.00. The lowest BCUT2D eigenvalue weighted by Crippen LogP contribution is -2.54. The number of nitrogens with one attached hydrogen (secondary N) is 4. The Bertz CT molecular complexity index is 2450. The van der Waals surface area contributed by atoms with Crippen LogP contribution in [0.4, 0.5) is 17.3 Å². The van der Waals surface area contributed by atoms with Crippen LogP contribution in [0.2, 0.25) is 5.02 Å². The number of pyridine rings is 1. The number of aromatic nitrogens is 3. The van der Waals surface area contributed by atoms with Gasteiger partial charge in [-0.25, -0.2) is 9.97 Å². The van der Waals surface area contributed by atoms with E-state index in [0.717, 1.165) is 47.3 Å². The molecule has 4 heterocycles. The normalized spacial score (nSPS) is 14.7. The van der Waals surface area contributed by atoms with E-state index in [1.54, 1.807) is 24.7 Å². The molecule has 16 heteroatoms. The largest absolute Gasteiger partial charge is 0.483 e. The van der Waals surface area contributed by atoms with Crippen molar-refractivity contribution in [2.45, 2.75) is 57.4 Å². The lowest BCUT2D eigenvalue weighted by molar-refractivity contribution is -0.136. The molecule has 1 unspecified atom stereocenters. The first kappa shape index (κ1) is 41.2. The van der Waals surface area contributed by atoms with Gasteiger partial charge in [0.1, 0.15) is 11.8 Å². The maximum Gasteiger partial charge on any atom is 0.266 e. The topological polar surface area (TPSA) is 202 Å². The Morgan fingerprint density at radius 1 is 0.800 bits per heavy atom. The summed E-state index contributed by atoms with van der Waals surface area (Å²) in [6.45, 7) is 0.0395. The summed E-state index contributed by atoms with van der Waals surface area (Å²) < 4.78 is 5.63. The summed E-state index contributed by atoms with van der Waals surface area (Å²) in [7, 11) is 0. The van der Waals surface area contributed by atoms with E-state index in [4.69, 9.17) is 16.3 Å². The molecule has 0 saturated carbocycles. The first-order chi connectivity index (χ1) is 29.1. The minimum atomic E-state index is -1.10. The van der Waals surface area contributed by atoms with Crippen molar-refractivity contribution in [3.63, 3.8) is 0 Å². The first-order valence-corrected chi connectivity index (χ1v) is 20.0. The maximum atomic E-state index is 13.2. The Hall–Kier alpha value is -7.00. The number of benzene rings is 3. The maximum absolute atomic E-state index is 13.2. The van der Waals surface area contributed by atoms with Gasteiger partial charge in [0, 0.05) is 24.9 Å². The van der Waals surface area contributed by atoms with Crippen LogP contribution in [0.25, 0.3) is 22.4 Å². The molecule has 15 nitrogen and oxygen atoms in total. The number of carbonyl (C=O) groups excluding carboxylic acids is 6. The van der Waals surface area contributed by atoms with Gasteiger partial charge in [-0.05, 0) is 54.7 Å². The molecule has 0 aliphatic carbocycles. The van der Waals surface area contributed by atoms with Crippen LogP contribution in [0.15, 0.2) is 97.5 Å². The highest BCUT2D eigenvalue weighted by Crippen LogP contribution is 2.34. The van der Waals surface area contributed by atoms with Crippen molar-refractivity contribution < 1.29 is 33.5 Å². The fraction of sp³-hybridized carbons (Fsp3) is 0.250. The summed E-state index contributed by atoms with van der Waals surface area (Å²) in [5.74, 6) is -2.68. The van der Waals surface area contributed by atoms with Gasteiger partial charge in [-0.2, -0.15) is 0 Å². The number of piperidine rings is 1. The average molecular weight is 829 g/mol. The quantitative estimate of drug-likeness (QED) is 0.0591. The summed E-state index contributed by atoms with van der Waals surface area (Å²) in [5.41, 5.74) is 4.71. The Balaban J connectivity index is 0.793. The van der Waals surface area contributed by atoms with Gasteiger partial charge in [-0.3, -0.25) is 44.0 Å². The number of amides is 6. The van der Waals surface area contributed by atoms with Crippen molar-refractivity contribution in [3.8, 4) is 28.1 Å². The minimum Gasteiger partial charge on any atom is -0.483 e. The van der Waals surface area contributed by atoms with E-state index in [-0.39, 0.29) is 42.2 Å². The number of hydrogen-bond donors (Lipinski definition) is 4. The molecule has 60 heavy (non-hydrogen) atoms. The van der Waals surface area contributed by atoms with Crippen molar-refractivity contribution >= 4 is 64.4 Å². The van der Waals surface area contributed by atoms with Crippen molar-refractivity contribution in [2.24, 2.45) is 0 Å². The van der Waals surface area contributed by atoms with Crippen LogP contribution >= 0.6 is 11.6 Å². The highest BCUT2D eigenvalue weighted by Gasteiger charge is 2.46. The summed E-state index contributed by atoms with van der Waals surface area (Å²) in [4.78, 5) is 89.5. The zero-order valence-corrected chi connectivity index (χ0v) is 33.2. The molecule has 306 valence electrons. The van der Waals surface area contributed by atoms with Crippen LogP contribution in [0.1, 0.15) is 72.1 Å². The van der Waals surface area contributed by atoms with Crippen molar-refractivity contribution in [1.82, 2.24) is 30.5 Å². The number of ether oxygens (including phenoxy) is 1. The highest BCUT2D eigenvalue weighted by molar-refractivity contribution is 6.33. The molecule has 4 N–H and O–H groups in total. The second-order valence-electron chi connectivity index (χ2n) is 14.3. The highest BCUT2D eigenvalue weighted by atomic mass is 35.5. The fourth-order valence-corrected chi connectivity index (χ4v) is 7.20. The molecular formula is C44H41ClN8O7. The van der Waals surface area contributed by atoms with Crippen molar-refractivity contribution in [1.29, 1.82) is 0 Å². The molecule has 2 aliphatic heterocycles. The molecule has 5 aromatic rings. The molecule has 0 spiro atoms. The van der Waals surface area contributed by atoms with E-state index in [1.165, 1.54) is 18.2 Å². The second kappa shape index (κ2) is 19.2. The zero-order valence-electron chi connectivity index (χ0n) is 32.4. The van der Waals surface area contributed by atoms with Crippen LogP contribution in [0.3, 0.4) is 0 Å². The number of halogens is 1. The third-order valence-corrected chi connectivity index (χ3v) is 10.2. The molecule has 1 atom stereocenters. The minimum absolute atomic E-state index is 0.00994. The molecule has 2 aromatic heterocycles. The molecule has 2 aliphatic rings. The van der Waals surface area contributed by atoms with E-state index >= 15 is 0 Å². The summed E-state index contributed by atoms with van der Waals surface area (Å²) in [5, 5.41) is 11.4. The number of nitrogens with zero attached hydrogens (tertiary/aromatic N) is 4. The average Bonchev–Trinajstić information content (AvgIpc) is 3.51. The summed E-state index contributed by atoms with van der Waals surface area (Å²) in [6.07, 6.45) is 9.05. The Kier molecular flexibility index (Phi) is 13.2. The molecule has 7 rings (SSSR count). The Morgan fingerprint density at radius 2 is 1.55 bits per heavy atom. The predicted octanol–water partition coefficient (Wildman–Crippen LogP) is 6.48. The number of imide groups is 2. The van der Waals surface area contributed by atoms with Gasteiger partial charge in [0.05, 0.1) is 51.8 Å². The molecule has 1 fully saturated rings. The molecule has 0 bridgehead atoms. The van der Waals surface area contributed by atoms with Gasteiger partial charge >= 0.3 is 0 Å². The lowest BCUT2D eigenvalue weighted by Gasteiger charge is -2.27. The van der Waals surface area contributed by atoms with Crippen LogP contribution in [-0.4, -0.2) is 74.5 Å². The number of fused-ring (bicyclic) bond motifs is 1. The van der Waals surface area contributed by atoms with Gasteiger partial charge < -0.3 is 20.7 Å². The van der Waals surface area contributed by atoms with Crippen LogP contribution in [-0.2, 0) is 19.2 Å². The Morgan fingerprint density at radius 3 is 2.38 bits per heavy atom. The molecule has 1 saturated heterocycles. The first-order valence-electron chi connectivity index (χ1n) is 19.6. The van der Waals surface area contributed by atoms with Gasteiger partial charge in [-0.1, -0.05) is 85.5 Å². The lowest BCUT2D eigenvalue weighted by atomic mass is 10.0. The van der Waals surface area contributed by atoms with Crippen molar-refractivity contribution in [3.05, 3.63) is 114 Å². The van der Waals surface area contributed by atoms with E-state index < -0.39 is 35.6 Å². The van der Waals surface area contributed by atoms with E-state index in [2.05, 4.69) is 36.2 Å². The monoisotopic (exact) mass is 828 g/mol. The van der Waals surface area contributed by atoms with E-state index in [1.807, 2.05) is 54.6 Å². The van der Waals surface area contributed by atoms with Crippen LogP contribution < -0.4 is 26.0 Å². The van der Waals surface area contributed by atoms with Gasteiger partial charge in [0.15, 0.2) is 6.61 Å². The van der Waals surface area contributed by atoms with Crippen molar-refractivity contribution in [2.75, 3.05) is 23.8 Å². The zero-order chi connectivity index (χ0) is 42.0. The van der Waals surface area contributed by atoms with E-state index in [9.17, 15) is 28.8 Å². The third-order valence-electron chi connectivity index (χ3n) is 9.96. The Labute approximate surface area is 350 Å². The van der Waals surface area contributed by atoms with Crippen LogP contribution in [0.5, 0.6) is 5.75 Å². The summed E-state index contributed by atoms with van der Waals surface area (Å²) >= 11 is 6.52. The van der Waals surface area contributed by atoms with Gasteiger partial charge in [0.25, 0.3) is 17.7 Å². The standard InChI is InChI=1S/C44H41ClN8O7/c45-33-25-48-44(52-40(33)29-14-9-13-28(21-29)27-11-5-4-6-12-27)50-31-22-30(23-46-24-31)49-36(54)17-7-2-1-3-8-20-47-38(56)26-60-35-16-10-15-32-39(35)43(59)53(42(32)58)34-18-19-37(55)51-41(34)57/h4-6,9-16,21-25,34H,1-3,7-8,17-20,26H2,(H,47,56)(H,49,54)(H,48,50,52)(H,51,55,57). The number of unbranched alkanes of at least 4 members (excludes halogenated alkanes) is 4.